The van der Waals surface area contributed by atoms with Crippen LogP contribution in [0.15, 0.2) is 94.9 Å². The number of carbonyl (C=O) groups is 3. The number of anilines is 3. The molecule has 72 heavy (non-hydrogen) atoms. The minimum atomic E-state index is -0.721. The van der Waals surface area contributed by atoms with Crippen molar-refractivity contribution in [2.24, 2.45) is 20.0 Å². The highest BCUT2D eigenvalue weighted by Gasteiger charge is 2.32. The number of pyridine rings is 3. The molecule has 2 saturated heterocycles. The lowest BCUT2D eigenvalue weighted by atomic mass is 9.90. The molecule has 7 aromatic rings. The Morgan fingerprint density at radius 3 is 2.39 bits per heavy atom. The highest BCUT2D eigenvalue weighted by atomic mass is 19.1. The van der Waals surface area contributed by atoms with Gasteiger partial charge in [-0.2, -0.15) is 0 Å². The molecule has 0 bridgehead atoms. The van der Waals surface area contributed by atoms with Crippen LogP contribution in [0.1, 0.15) is 83.9 Å². The molecule has 3 aliphatic heterocycles. The fraction of sp³-hybridized carbons (Fsp3) is 0.352. The van der Waals surface area contributed by atoms with Gasteiger partial charge in [-0.05, 0) is 117 Å². The van der Waals surface area contributed by atoms with Gasteiger partial charge in [-0.1, -0.05) is 12.1 Å². The molecule has 18 heteroatoms. The lowest BCUT2D eigenvalue weighted by molar-refractivity contribution is -0.135. The van der Waals surface area contributed by atoms with E-state index in [0.717, 1.165) is 65.9 Å². The first-order valence-electron chi connectivity index (χ1n) is 24.4. The normalized spacial score (nSPS) is 17.4. The van der Waals surface area contributed by atoms with Gasteiger partial charge in [-0.25, -0.2) is 23.5 Å². The van der Waals surface area contributed by atoms with Gasteiger partial charge in [-0.3, -0.25) is 43.1 Å². The van der Waals surface area contributed by atoms with Crippen LogP contribution in [0.3, 0.4) is 0 Å². The molecule has 2 fully saturated rings. The van der Waals surface area contributed by atoms with Crippen LogP contribution in [0.2, 0.25) is 0 Å². The van der Waals surface area contributed by atoms with Crippen LogP contribution >= 0.6 is 0 Å². The summed E-state index contributed by atoms with van der Waals surface area (Å²) in [5, 5.41) is 5.79. The van der Waals surface area contributed by atoms with Crippen molar-refractivity contribution in [3.05, 3.63) is 146 Å². The average Bonchev–Trinajstić information content (AvgIpc) is 3.85. The molecule has 5 aromatic heterocycles. The number of aromatic nitrogens is 6. The molecule has 2 N–H and O–H groups in total. The van der Waals surface area contributed by atoms with E-state index in [1.54, 1.807) is 50.2 Å². The Hall–Kier alpha value is -7.73. The number of piperidine rings is 2. The minimum Gasteiger partial charge on any atom is -0.386 e. The number of nitrogens with one attached hydrogen (secondary N) is 2. The molecule has 3 amide bonds. The molecule has 372 valence electrons. The van der Waals surface area contributed by atoms with Crippen LogP contribution < -0.4 is 31.7 Å². The van der Waals surface area contributed by atoms with Crippen molar-refractivity contribution < 1.29 is 23.2 Å². The quantitative estimate of drug-likeness (QED) is 0.130. The van der Waals surface area contributed by atoms with Gasteiger partial charge in [0, 0.05) is 101 Å². The van der Waals surface area contributed by atoms with Gasteiger partial charge >= 0.3 is 5.69 Å². The van der Waals surface area contributed by atoms with E-state index in [1.165, 1.54) is 32.4 Å². The summed E-state index contributed by atoms with van der Waals surface area (Å²) in [5.74, 6) is -0.874. The molecule has 2 atom stereocenters. The van der Waals surface area contributed by atoms with Gasteiger partial charge in [0.2, 0.25) is 11.8 Å². The van der Waals surface area contributed by atoms with E-state index >= 15 is 4.39 Å². The summed E-state index contributed by atoms with van der Waals surface area (Å²) in [4.78, 5) is 79.8. The van der Waals surface area contributed by atoms with Crippen LogP contribution in [-0.4, -0.2) is 91.1 Å². The summed E-state index contributed by atoms with van der Waals surface area (Å²) >= 11 is 0. The van der Waals surface area contributed by atoms with Crippen LogP contribution in [0.4, 0.5) is 26.0 Å². The first kappa shape index (κ1) is 47.9. The number of imide groups is 1. The summed E-state index contributed by atoms with van der Waals surface area (Å²) in [7, 11) is 6.86. The van der Waals surface area contributed by atoms with E-state index in [1.807, 2.05) is 61.0 Å². The average molecular weight is 978 g/mol. The maximum absolute atomic E-state index is 16.1. The van der Waals surface area contributed by atoms with Crippen molar-refractivity contribution in [1.29, 1.82) is 0 Å². The number of hydrogen-bond donors (Lipinski definition) is 2. The van der Waals surface area contributed by atoms with Crippen LogP contribution in [-0.2, 0) is 30.1 Å². The Balaban J connectivity index is 0.756. The van der Waals surface area contributed by atoms with E-state index in [-0.39, 0.29) is 46.8 Å². The molecular weight excluding hydrogens is 921 g/mol. The third kappa shape index (κ3) is 8.66. The maximum atomic E-state index is 16.1. The first-order valence-corrected chi connectivity index (χ1v) is 24.4. The van der Waals surface area contributed by atoms with Crippen molar-refractivity contribution in [3.8, 4) is 5.69 Å². The van der Waals surface area contributed by atoms with Crippen molar-refractivity contribution >= 4 is 62.6 Å². The lowest BCUT2D eigenvalue weighted by Gasteiger charge is -2.33. The number of carbonyl (C=O) groups excluding carboxylic acids is 3. The van der Waals surface area contributed by atoms with Gasteiger partial charge in [0.15, 0.2) is 5.82 Å². The second-order valence-corrected chi connectivity index (χ2v) is 19.4. The summed E-state index contributed by atoms with van der Waals surface area (Å²) in [6.45, 7) is 6.76. The smallest absolute Gasteiger partial charge is 0.329 e. The summed E-state index contributed by atoms with van der Waals surface area (Å²) < 4.78 is 37.3. The predicted molar refractivity (Wildman–Crippen MR) is 274 cm³/mol. The zero-order chi connectivity index (χ0) is 50.7. The third-order valence-electron chi connectivity index (χ3n) is 15.1. The monoisotopic (exact) mass is 977 g/mol. The number of halogens is 2. The molecule has 0 radical (unpaired) electrons. The molecule has 0 aliphatic carbocycles. The lowest BCUT2D eigenvalue weighted by Crippen LogP contribution is -2.44. The largest absolute Gasteiger partial charge is 0.386 e. The summed E-state index contributed by atoms with van der Waals surface area (Å²) in [5.41, 5.74) is 7.07. The molecule has 2 aromatic carbocycles. The van der Waals surface area contributed by atoms with Crippen molar-refractivity contribution in [3.63, 3.8) is 0 Å². The van der Waals surface area contributed by atoms with Gasteiger partial charge in [0.25, 0.3) is 11.5 Å². The van der Waals surface area contributed by atoms with Crippen molar-refractivity contribution in [2.45, 2.75) is 64.5 Å². The second-order valence-electron chi connectivity index (χ2n) is 19.4. The Kier molecular flexibility index (Phi) is 12.7. The number of aryl methyl sites for hydroxylation is 3. The third-order valence-corrected chi connectivity index (χ3v) is 15.1. The van der Waals surface area contributed by atoms with Gasteiger partial charge in [0.05, 0.1) is 40.5 Å². The number of fused-ring (bicyclic) bond motifs is 2. The zero-order valence-corrected chi connectivity index (χ0v) is 41.2. The standard InChI is InChI=1S/C54H57F2N11O5/c1-31-23-36(26-39(55)50(31)35-16-21-64(22-17-35)32(2)45-27-38-42(13-18-58-51(38)62(45)5)66-30-40(56)41(57-3)28-49(66)69)53(71)61(4)37-8-11-47(59-29-37)65-19-14-33(15-20-65)24-34-7-9-43-46(25-34)63(6)54(72)67(43)44-10-12-48(68)60-52(44)70/h7-9,11,13,16,18,23,25-30,32-33,44,57H,10,12,14-15,17,19-22,24H2,1-6H3,(H,60,68,70)/t32-,44?/m0/s1. The number of nitrogens with zero attached hydrogens (tertiary/aromatic N) is 9. The van der Waals surface area contributed by atoms with Crippen molar-refractivity contribution in [2.75, 3.05) is 55.4 Å². The molecule has 0 spiro atoms. The van der Waals surface area contributed by atoms with Crippen LogP contribution in [0, 0.1) is 24.5 Å². The van der Waals surface area contributed by atoms with Crippen molar-refractivity contribution in [1.82, 2.24) is 38.5 Å². The van der Waals surface area contributed by atoms with Crippen LogP contribution in [0.25, 0.3) is 33.3 Å². The Bertz CT molecular complexity index is 3450. The van der Waals surface area contributed by atoms with Gasteiger partial charge in [0.1, 0.15) is 23.3 Å². The highest BCUT2D eigenvalue weighted by molar-refractivity contribution is 6.06. The van der Waals surface area contributed by atoms with Gasteiger partial charge < -0.3 is 19.7 Å². The summed E-state index contributed by atoms with van der Waals surface area (Å²) in [6, 6.07) is 17.0. The molecule has 1 unspecified atom stereocenters. The molecule has 8 heterocycles. The zero-order valence-electron chi connectivity index (χ0n) is 41.2. The second kappa shape index (κ2) is 19.1. The number of amides is 3. The fourth-order valence-electron chi connectivity index (χ4n) is 11.0. The highest BCUT2D eigenvalue weighted by Crippen LogP contribution is 2.35. The van der Waals surface area contributed by atoms with Crippen LogP contribution in [0.5, 0.6) is 0 Å². The maximum Gasteiger partial charge on any atom is 0.329 e. The first-order chi connectivity index (χ1) is 34.6. The van der Waals surface area contributed by atoms with E-state index in [2.05, 4.69) is 32.3 Å². The SMILES string of the molecule is CNc1cc(=O)n(-c2ccnc3c2cc([C@H](C)N2CC=C(c4c(C)cc(C(=O)N(C)c5ccc(N6CCC(Cc7ccc8c(c7)n(C)c(=O)n8C7CCC(=O)NC7=O)CC6)nc5)cc4F)CC2)n3C)cc1F. The molecule has 3 aliphatic rings. The molecule has 16 nitrogen and oxygen atoms in total. The van der Waals surface area contributed by atoms with E-state index in [4.69, 9.17) is 4.98 Å². The Labute approximate surface area is 414 Å². The topological polar surface area (TPSA) is 165 Å². The number of benzene rings is 2. The number of rotatable bonds is 11. The Morgan fingerprint density at radius 1 is 0.903 bits per heavy atom. The molecule has 0 saturated carbocycles. The van der Waals surface area contributed by atoms with E-state index in [0.29, 0.717) is 65.5 Å². The summed E-state index contributed by atoms with van der Waals surface area (Å²) in [6.07, 6.45) is 10.3. The minimum absolute atomic E-state index is 0.0670. The molecular formula is C54H57F2N11O5. The van der Waals surface area contributed by atoms with E-state index in [9.17, 15) is 28.4 Å². The van der Waals surface area contributed by atoms with Gasteiger partial charge in [-0.15, -0.1) is 0 Å². The number of hydrogen-bond acceptors (Lipinski definition) is 10. The fourth-order valence-corrected chi connectivity index (χ4v) is 11.0. The van der Waals surface area contributed by atoms with E-state index < -0.39 is 23.6 Å². The predicted octanol–water partition coefficient (Wildman–Crippen LogP) is 6.96. The Morgan fingerprint density at radius 2 is 1.69 bits per heavy atom. The number of imidazole rings is 1. The molecule has 10 rings (SSSR count).